The second-order valence-corrected chi connectivity index (χ2v) is 18.5. The van der Waals surface area contributed by atoms with E-state index in [9.17, 15) is 19.0 Å². The maximum Gasteiger partial charge on any atom is 0.472 e. The molecule has 0 aromatic heterocycles. The van der Waals surface area contributed by atoms with Crippen LogP contribution in [-0.2, 0) is 32.7 Å². The summed E-state index contributed by atoms with van der Waals surface area (Å²) in [5, 5.41) is 0. The van der Waals surface area contributed by atoms with Crippen molar-refractivity contribution in [3.05, 3.63) is 109 Å². The quantitative estimate of drug-likeness (QED) is 0.0264. The van der Waals surface area contributed by atoms with Gasteiger partial charge in [-0.3, -0.25) is 18.6 Å². The minimum atomic E-state index is -4.39. The highest BCUT2D eigenvalue weighted by Gasteiger charge is 2.26. The average Bonchev–Trinajstić information content (AvgIpc) is 3.32. The fourth-order valence-corrected chi connectivity index (χ4v) is 7.57. The molecule has 0 aliphatic heterocycles. The lowest BCUT2D eigenvalue weighted by molar-refractivity contribution is -0.161. The van der Waals surface area contributed by atoms with Gasteiger partial charge in [-0.2, -0.15) is 0 Å². The lowest BCUT2D eigenvalue weighted by Crippen LogP contribution is -2.29. The summed E-state index contributed by atoms with van der Waals surface area (Å²) in [5.74, 6) is -0.855. The van der Waals surface area contributed by atoms with Crippen molar-refractivity contribution in [3.8, 4) is 0 Å². The molecule has 9 nitrogen and oxygen atoms in total. The minimum absolute atomic E-state index is 0.0454. The van der Waals surface area contributed by atoms with Crippen molar-refractivity contribution >= 4 is 19.8 Å². The zero-order chi connectivity index (χ0) is 48.8. The molecule has 0 amide bonds. The van der Waals surface area contributed by atoms with E-state index in [1.807, 2.05) is 0 Å². The van der Waals surface area contributed by atoms with E-state index in [4.69, 9.17) is 24.3 Å². The number of hydrogen-bond acceptors (Lipinski definition) is 8. The average molecular weight is 954 g/mol. The number of allylic oxidation sites excluding steroid dienone is 18. The zero-order valence-corrected chi connectivity index (χ0v) is 43.2. The molecule has 0 aromatic rings. The van der Waals surface area contributed by atoms with Gasteiger partial charge in [0.25, 0.3) is 0 Å². The smallest absolute Gasteiger partial charge is 0.462 e. The van der Waals surface area contributed by atoms with E-state index in [1.54, 1.807) is 0 Å². The summed E-state index contributed by atoms with van der Waals surface area (Å²) in [6.45, 7) is 3.59. The lowest BCUT2D eigenvalue weighted by atomic mass is 10.0. The van der Waals surface area contributed by atoms with Crippen LogP contribution in [0.3, 0.4) is 0 Å². The van der Waals surface area contributed by atoms with Gasteiger partial charge in [-0.05, 0) is 83.5 Å². The molecule has 0 fully saturated rings. The van der Waals surface area contributed by atoms with Gasteiger partial charge in [-0.1, -0.05) is 220 Å². The van der Waals surface area contributed by atoms with E-state index in [2.05, 4.69) is 123 Å². The summed E-state index contributed by atoms with van der Waals surface area (Å²) < 4.78 is 32.9. The van der Waals surface area contributed by atoms with Crippen LogP contribution in [0.1, 0.15) is 206 Å². The molecule has 0 saturated carbocycles. The maximum absolute atomic E-state index is 12.6. The molecule has 0 radical (unpaired) electrons. The van der Waals surface area contributed by atoms with Gasteiger partial charge in [-0.25, -0.2) is 4.57 Å². The molecule has 2 unspecified atom stereocenters. The van der Waals surface area contributed by atoms with Crippen molar-refractivity contribution in [2.24, 2.45) is 5.73 Å². The lowest BCUT2D eigenvalue weighted by Gasteiger charge is -2.19. The Labute approximate surface area is 409 Å². The van der Waals surface area contributed by atoms with E-state index in [1.165, 1.54) is 64.2 Å². The number of carbonyl (C=O) groups excluding carboxylic acids is 2. The first-order valence-electron chi connectivity index (χ1n) is 26.4. The molecule has 0 heterocycles. The Morgan fingerprint density at radius 3 is 1.22 bits per heavy atom. The summed E-state index contributed by atoms with van der Waals surface area (Å²) in [4.78, 5) is 35.0. The van der Waals surface area contributed by atoms with Crippen LogP contribution in [0.15, 0.2) is 109 Å². The topological polar surface area (TPSA) is 134 Å². The Hall–Kier alpha value is -3.33. The molecule has 0 rings (SSSR count). The van der Waals surface area contributed by atoms with Crippen LogP contribution in [-0.4, -0.2) is 49.3 Å². The van der Waals surface area contributed by atoms with Crippen LogP contribution in [0, 0.1) is 0 Å². The third kappa shape index (κ3) is 51.9. The third-order valence-electron chi connectivity index (χ3n) is 10.7. The molecule has 382 valence electrons. The van der Waals surface area contributed by atoms with Gasteiger partial charge in [0.15, 0.2) is 6.10 Å². The fourth-order valence-electron chi connectivity index (χ4n) is 6.80. The molecule has 0 aliphatic carbocycles. The highest BCUT2D eigenvalue weighted by molar-refractivity contribution is 7.47. The molecule has 67 heavy (non-hydrogen) atoms. The predicted molar refractivity (Wildman–Crippen MR) is 284 cm³/mol. The minimum Gasteiger partial charge on any atom is -0.462 e. The number of nitrogens with two attached hydrogens (primary N) is 1. The summed E-state index contributed by atoms with van der Waals surface area (Å²) in [6.07, 6.45) is 69.9. The van der Waals surface area contributed by atoms with E-state index in [0.29, 0.717) is 6.42 Å². The van der Waals surface area contributed by atoms with Crippen molar-refractivity contribution in [2.75, 3.05) is 26.4 Å². The summed E-state index contributed by atoms with van der Waals surface area (Å²) in [5.41, 5.74) is 5.36. The number of unbranched alkanes of at least 4 members (excludes halogenated alkanes) is 17. The first kappa shape index (κ1) is 63.7. The van der Waals surface area contributed by atoms with Crippen molar-refractivity contribution in [2.45, 2.75) is 213 Å². The molecule has 3 N–H and O–H groups in total. The van der Waals surface area contributed by atoms with E-state index in [0.717, 1.165) is 109 Å². The van der Waals surface area contributed by atoms with Crippen molar-refractivity contribution < 1.29 is 37.6 Å². The third-order valence-corrected chi connectivity index (χ3v) is 11.7. The number of phosphoric ester groups is 1. The van der Waals surface area contributed by atoms with E-state index < -0.39 is 32.5 Å². The molecule has 0 bridgehead atoms. The summed E-state index contributed by atoms with van der Waals surface area (Å²) >= 11 is 0. The number of phosphoric acid groups is 1. The maximum atomic E-state index is 12.6. The number of carbonyl (C=O) groups is 2. The second kappa shape index (κ2) is 52.0. The van der Waals surface area contributed by atoms with Crippen molar-refractivity contribution in [3.63, 3.8) is 0 Å². The van der Waals surface area contributed by atoms with Gasteiger partial charge < -0.3 is 20.1 Å². The van der Waals surface area contributed by atoms with Crippen LogP contribution in [0.2, 0.25) is 0 Å². The Morgan fingerprint density at radius 2 is 0.821 bits per heavy atom. The molecule has 0 saturated heterocycles. The molecular formula is C57H96NO8P. The Kier molecular flexibility index (Phi) is 49.5. The molecule has 10 heteroatoms. The van der Waals surface area contributed by atoms with Gasteiger partial charge in [0.1, 0.15) is 6.61 Å². The number of esters is 2. The SMILES string of the molecule is CC/C=C\C/C=C\C/C=C\C/C=C\C/C=C\C/C=C\C/C=C\C/C=C\C/C=C\CCCCCCCC(=O)OC(COC(=O)CCCCCCCCCCCCCCC)COP(=O)(O)OCCN. The first-order valence-corrected chi connectivity index (χ1v) is 27.9. The van der Waals surface area contributed by atoms with Crippen LogP contribution in [0.5, 0.6) is 0 Å². The molecular weight excluding hydrogens is 858 g/mol. The fraction of sp³-hybridized carbons (Fsp3) is 0.649. The summed E-state index contributed by atoms with van der Waals surface area (Å²) in [6, 6.07) is 0. The molecule has 0 spiro atoms. The van der Waals surface area contributed by atoms with Crippen LogP contribution < -0.4 is 5.73 Å². The van der Waals surface area contributed by atoms with Gasteiger partial charge >= 0.3 is 19.8 Å². The first-order chi connectivity index (χ1) is 32.8. The van der Waals surface area contributed by atoms with Crippen LogP contribution >= 0.6 is 7.82 Å². The molecule has 0 aliphatic rings. The zero-order valence-electron chi connectivity index (χ0n) is 42.3. The number of rotatable bonds is 48. The van der Waals surface area contributed by atoms with Gasteiger partial charge in [-0.15, -0.1) is 0 Å². The Morgan fingerprint density at radius 1 is 0.463 bits per heavy atom. The molecule has 0 aromatic carbocycles. The van der Waals surface area contributed by atoms with E-state index in [-0.39, 0.29) is 32.6 Å². The van der Waals surface area contributed by atoms with Gasteiger partial charge in [0.05, 0.1) is 13.2 Å². The van der Waals surface area contributed by atoms with Crippen LogP contribution in [0.25, 0.3) is 0 Å². The number of ether oxygens (including phenoxy) is 2. The van der Waals surface area contributed by atoms with Crippen molar-refractivity contribution in [1.82, 2.24) is 0 Å². The normalized spacial score (nSPS) is 14.0. The monoisotopic (exact) mass is 954 g/mol. The van der Waals surface area contributed by atoms with Gasteiger partial charge in [0.2, 0.25) is 0 Å². The standard InChI is InChI=1S/C57H96NO8P/c1-3-5-7-9-11-13-15-17-18-19-20-21-22-23-24-25-26-27-28-29-30-31-32-33-34-35-36-38-40-42-44-46-48-50-57(60)66-55(54-65-67(61,62)64-52-51-58)53-63-56(59)49-47-45-43-41-39-37-16-14-12-10-8-6-4-2/h5,7,11,13,17-18,20-21,23-24,26-27,29-30,32-33,35-36,55H,3-4,6,8-10,12,14-16,19,22,25,28,31,34,37-54,58H2,1-2H3,(H,61,62)/b7-5-,13-11-,18-17-,21-20-,24-23-,27-26-,30-29-,33-32-,36-35-. The highest BCUT2D eigenvalue weighted by Crippen LogP contribution is 2.43. The van der Waals surface area contributed by atoms with E-state index >= 15 is 0 Å². The Bertz CT molecular complexity index is 1460. The number of hydrogen-bond donors (Lipinski definition) is 2. The molecule has 2 atom stereocenters. The second-order valence-electron chi connectivity index (χ2n) is 17.0. The largest absolute Gasteiger partial charge is 0.472 e. The predicted octanol–water partition coefficient (Wildman–Crippen LogP) is 16.3. The highest BCUT2D eigenvalue weighted by atomic mass is 31.2. The van der Waals surface area contributed by atoms with Gasteiger partial charge in [0, 0.05) is 19.4 Å². The van der Waals surface area contributed by atoms with Crippen molar-refractivity contribution in [1.29, 1.82) is 0 Å². The van der Waals surface area contributed by atoms with Crippen LogP contribution in [0.4, 0.5) is 0 Å². The Balaban J connectivity index is 4.08. The summed E-state index contributed by atoms with van der Waals surface area (Å²) in [7, 11) is -4.39.